The molecule has 1 aromatic heterocycles. The van der Waals surface area contributed by atoms with Gasteiger partial charge in [-0.25, -0.2) is 13.2 Å². The minimum Gasteiger partial charge on any atom is -0.484 e. The van der Waals surface area contributed by atoms with Crippen LogP contribution in [0.3, 0.4) is 0 Å². The van der Waals surface area contributed by atoms with Crippen molar-refractivity contribution >= 4 is 32.6 Å². The summed E-state index contributed by atoms with van der Waals surface area (Å²) in [4.78, 5) is 23.7. The highest BCUT2D eigenvalue weighted by Gasteiger charge is 2.26. The highest BCUT2D eigenvalue weighted by Crippen LogP contribution is 2.22. The lowest BCUT2D eigenvalue weighted by molar-refractivity contribution is -0.118. The molecular formula is C21H20N2O6S. The number of carbonyl (C=O) groups is 1. The van der Waals surface area contributed by atoms with Gasteiger partial charge in [0.1, 0.15) is 11.3 Å². The number of fused-ring (bicyclic) bond motifs is 1. The molecule has 30 heavy (non-hydrogen) atoms. The van der Waals surface area contributed by atoms with Gasteiger partial charge in [-0.05, 0) is 55.3 Å². The molecule has 0 aliphatic carbocycles. The van der Waals surface area contributed by atoms with Crippen molar-refractivity contribution in [3.8, 4) is 5.75 Å². The number of carbonyl (C=O) groups excluding carboxylic acids is 1. The number of nitrogens with one attached hydrogen (secondary N) is 1. The van der Waals surface area contributed by atoms with Gasteiger partial charge in [-0.2, -0.15) is 4.31 Å². The van der Waals surface area contributed by atoms with Crippen molar-refractivity contribution in [2.24, 2.45) is 0 Å². The Morgan fingerprint density at radius 3 is 2.47 bits per heavy atom. The molecule has 8 nitrogen and oxygen atoms in total. The van der Waals surface area contributed by atoms with Gasteiger partial charge in [0.05, 0.1) is 4.90 Å². The zero-order chi connectivity index (χ0) is 21.1. The van der Waals surface area contributed by atoms with Crippen LogP contribution in [0.25, 0.3) is 11.0 Å². The Kier molecular flexibility index (Phi) is 5.56. The number of ether oxygens (including phenoxy) is 1. The second-order valence-corrected chi connectivity index (χ2v) is 8.86. The van der Waals surface area contributed by atoms with Gasteiger partial charge >= 0.3 is 5.63 Å². The molecular weight excluding hydrogens is 408 g/mol. The first-order chi connectivity index (χ1) is 14.4. The van der Waals surface area contributed by atoms with Crippen LogP contribution in [0.1, 0.15) is 12.8 Å². The van der Waals surface area contributed by atoms with E-state index in [9.17, 15) is 18.0 Å². The van der Waals surface area contributed by atoms with E-state index in [1.807, 2.05) is 0 Å². The SMILES string of the molecule is O=C(COc1ccc2ccc(=O)oc2c1)Nc1ccc(S(=O)(=O)N2CCCC2)cc1. The summed E-state index contributed by atoms with van der Waals surface area (Å²) < 4.78 is 37.1. The average molecular weight is 428 g/mol. The summed E-state index contributed by atoms with van der Waals surface area (Å²) in [6.45, 7) is 0.823. The molecule has 1 aliphatic heterocycles. The standard InChI is InChI=1S/C21H20N2O6S/c24-20(14-28-17-7-3-15-4-10-21(25)29-19(15)13-17)22-16-5-8-18(9-6-16)30(26,27)23-11-1-2-12-23/h3-10,13H,1-2,11-12,14H2,(H,22,24). The summed E-state index contributed by atoms with van der Waals surface area (Å²) in [5.41, 5.74) is 0.372. The average Bonchev–Trinajstić information content (AvgIpc) is 3.28. The Morgan fingerprint density at radius 1 is 1.03 bits per heavy atom. The van der Waals surface area contributed by atoms with Crippen molar-refractivity contribution in [3.63, 3.8) is 0 Å². The molecule has 0 atom stereocenters. The van der Waals surface area contributed by atoms with E-state index in [0.717, 1.165) is 18.2 Å². The molecule has 156 valence electrons. The number of sulfonamides is 1. The van der Waals surface area contributed by atoms with Crippen LogP contribution < -0.4 is 15.7 Å². The van der Waals surface area contributed by atoms with Gasteiger partial charge in [-0.1, -0.05) is 0 Å². The molecule has 0 bridgehead atoms. The first kappa shape index (κ1) is 20.1. The maximum absolute atomic E-state index is 12.5. The summed E-state index contributed by atoms with van der Waals surface area (Å²) in [5.74, 6) is -0.0150. The topological polar surface area (TPSA) is 106 Å². The smallest absolute Gasteiger partial charge is 0.336 e. The van der Waals surface area contributed by atoms with Crippen molar-refractivity contribution in [1.82, 2.24) is 4.31 Å². The van der Waals surface area contributed by atoms with Crippen molar-refractivity contribution in [1.29, 1.82) is 0 Å². The zero-order valence-corrected chi connectivity index (χ0v) is 16.9. The fourth-order valence-electron chi connectivity index (χ4n) is 3.26. The Hall–Kier alpha value is -3.17. The first-order valence-corrected chi connectivity index (χ1v) is 10.9. The molecule has 0 unspecified atom stereocenters. The van der Waals surface area contributed by atoms with Crippen LogP contribution in [0.2, 0.25) is 0 Å². The normalized spacial score (nSPS) is 14.7. The molecule has 1 fully saturated rings. The fourth-order valence-corrected chi connectivity index (χ4v) is 4.78. The van der Waals surface area contributed by atoms with Crippen LogP contribution in [-0.2, 0) is 14.8 Å². The quantitative estimate of drug-likeness (QED) is 0.605. The van der Waals surface area contributed by atoms with E-state index in [4.69, 9.17) is 9.15 Å². The molecule has 1 saturated heterocycles. The maximum Gasteiger partial charge on any atom is 0.336 e. The predicted octanol–water partition coefficient (Wildman–Crippen LogP) is 2.60. The highest BCUT2D eigenvalue weighted by atomic mass is 32.2. The number of amides is 1. The van der Waals surface area contributed by atoms with Crippen molar-refractivity contribution in [2.45, 2.75) is 17.7 Å². The molecule has 0 spiro atoms. The van der Waals surface area contributed by atoms with E-state index in [0.29, 0.717) is 30.1 Å². The van der Waals surface area contributed by atoms with Gasteiger partial charge in [-0.3, -0.25) is 4.79 Å². The third kappa shape index (κ3) is 4.37. The largest absolute Gasteiger partial charge is 0.484 e. The van der Waals surface area contributed by atoms with Gasteiger partial charge in [-0.15, -0.1) is 0 Å². The summed E-state index contributed by atoms with van der Waals surface area (Å²) in [6, 6.07) is 14.0. The minimum absolute atomic E-state index is 0.205. The lowest BCUT2D eigenvalue weighted by atomic mass is 10.2. The van der Waals surface area contributed by atoms with Gasteiger partial charge < -0.3 is 14.5 Å². The Morgan fingerprint density at radius 2 is 1.73 bits per heavy atom. The van der Waals surface area contributed by atoms with E-state index >= 15 is 0 Å². The van der Waals surface area contributed by atoms with Crippen LogP contribution in [0.4, 0.5) is 5.69 Å². The van der Waals surface area contributed by atoms with E-state index in [-0.39, 0.29) is 11.5 Å². The van der Waals surface area contributed by atoms with Crippen molar-refractivity contribution in [3.05, 3.63) is 65.0 Å². The zero-order valence-electron chi connectivity index (χ0n) is 16.0. The maximum atomic E-state index is 12.5. The number of nitrogens with zero attached hydrogens (tertiary/aromatic N) is 1. The number of benzene rings is 2. The number of rotatable bonds is 6. The van der Waals surface area contributed by atoms with Crippen LogP contribution in [0.15, 0.2) is 68.7 Å². The molecule has 4 rings (SSSR count). The number of hydrogen-bond donors (Lipinski definition) is 1. The molecule has 2 aromatic carbocycles. The second-order valence-electron chi connectivity index (χ2n) is 6.93. The minimum atomic E-state index is -3.49. The van der Waals surface area contributed by atoms with E-state index < -0.39 is 21.6 Å². The lowest BCUT2D eigenvalue weighted by Gasteiger charge is -2.15. The fraction of sp³-hybridized carbons (Fsp3) is 0.238. The highest BCUT2D eigenvalue weighted by molar-refractivity contribution is 7.89. The van der Waals surface area contributed by atoms with Crippen LogP contribution in [-0.4, -0.2) is 38.3 Å². The molecule has 1 N–H and O–H groups in total. The second kappa shape index (κ2) is 8.29. The number of hydrogen-bond acceptors (Lipinski definition) is 6. The van der Waals surface area contributed by atoms with E-state index in [1.165, 1.54) is 22.5 Å². The van der Waals surface area contributed by atoms with Crippen LogP contribution >= 0.6 is 0 Å². The summed E-state index contributed by atoms with van der Waals surface area (Å²) in [7, 11) is -3.49. The summed E-state index contributed by atoms with van der Waals surface area (Å²) in [5, 5.41) is 3.41. The Balaban J connectivity index is 1.36. The third-order valence-electron chi connectivity index (χ3n) is 4.81. The van der Waals surface area contributed by atoms with Crippen LogP contribution in [0, 0.1) is 0 Å². The van der Waals surface area contributed by atoms with Gasteiger partial charge in [0.2, 0.25) is 10.0 Å². The first-order valence-electron chi connectivity index (χ1n) is 9.49. The Labute approximate surface area is 173 Å². The number of anilines is 1. The van der Waals surface area contributed by atoms with Crippen molar-refractivity contribution in [2.75, 3.05) is 25.0 Å². The summed E-state index contributed by atoms with van der Waals surface area (Å²) in [6.07, 6.45) is 1.74. The monoisotopic (exact) mass is 428 g/mol. The Bertz CT molecular complexity index is 1230. The predicted molar refractivity (Wildman–Crippen MR) is 111 cm³/mol. The lowest BCUT2D eigenvalue weighted by Crippen LogP contribution is -2.27. The molecule has 2 heterocycles. The van der Waals surface area contributed by atoms with E-state index in [1.54, 1.807) is 36.4 Å². The molecule has 0 radical (unpaired) electrons. The molecule has 9 heteroatoms. The third-order valence-corrected chi connectivity index (χ3v) is 6.72. The van der Waals surface area contributed by atoms with E-state index in [2.05, 4.69) is 5.32 Å². The summed E-state index contributed by atoms with van der Waals surface area (Å²) >= 11 is 0. The molecule has 3 aromatic rings. The van der Waals surface area contributed by atoms with Gasteiger partial charge in [0.25, 0.3) is 5.91 Å². The molecule has 0 saturated carbocycles. The van der Waals surface area contributed by atoms with Gasteiger partial charge in [0, 0.05) is 36.3 Å². The molecule has 1 aliphatic rings. The van der Waals surface area contributed by atoms with Gasteiger partial charge in [0.15, 0.2) is 6.61 Å². The van der Waals surface area contributed by atoms with Crippen LogP contribution in [0.5, 0.6) is 5.75 Å². The van der Waals surface area contributed by atoms with Crippen molar-refractivity contribution < 1.29 is 22.4 Å². The molecule has 1 amide bonds.